The van der Waals surface area contributed by atoms with E-state index in [1.807, 2.05) is 0 Å². The van der Waals surface area contributed by atoms with Gasteiger partial charge in [-0.2, -0.15) is 0 Å². The topological polar surface area (TPSA) is 84.5 Å². The highest BCUT2D eigenvalue weighted by Gasteiger charge is 2.25. The highest BCUT2D eigenvalue weighted by atomic mass is 32.2. The lowest BCUT2D eigenvalue weighted by molar-refractivity contribution is 0.0958. The molecule has 1 saturated carbocycles. The predicted molar refractivity (Wildman–Crippen MR) is 71.9 cm³/mol. The van der Waals surface area contributed by atoms with Crippen molar-refractivity contribution in [3.8, 4) is 5.75 Å². The van der Waals surface area contributed by atoms with Crippen LogP contribution in [0.3, 0.4) is 0 Å². The van der Waals surface area contributed by atoms with Crippen LogP contribution < -0.4 is 14.8 Å². The first kappa shape index (κ1) is 13.7. The van der Waals surface area contributed by atoms with E-state index >= 15 is 0 Å². The molecule has 0 atom stereocenters. The highest BCUT2D eigenvalue weighted by molar-refractivity contribution is 7.92. The van der Waals surface area contributed by atoms with E-state index in [2.05, 4.69) is 10.0 Å². The molecule has 0 bridgehead atoms. The van der Waals surface area contributed by atoms with Gasteiger partial charge in [-0.1, -0.05) is 0 Å². The molecule has 2 N–H and O–H groups in total. The fourth-order valence-electron chi connectivity index (χ4n) is 1.59. The van der Waals surface area contributed by atoms with Crippen LogP contribution in [0.5, 0.6) is 5.75 Å². The molecule has 0 spiro atoms. The van der Waals surface area contributed by atoms with Crippen LogP contribution in [-0.4, -0.2) is 33.7 Å². The number of hydrogen-bond donors (Lipinski definition) is 2. The van der Waals surface area contributed by atoms with Gasteiger partial charge in [0.1, 0.15) is 5.75 Å². The summed E-state index contributed by atoms with van der Waals surface area (Å²) >= 11 is 0. The maximum atomic E-state index is 11.8. The molecular weight excluding hydrogens is 268 g/mol. The summed E-state index contributed by atoms with van der Waals surface area (Å²) in [6, 6.07) is 4.65. The van der Waals surface area contributed by atoms with Crippen LogP contribution in [0, 0.1) is 0 Å². The second-order valence-corrected chi connectivity index (χ2v) is 6.23. The number of rotatable bonds is 5. The van der Waals surface area contributed by atoms with Crippen molar-refractivity contribution < 1.29 is 17.9 Å². The minimum absolute atomic E-state index is 0.164. The first-order valence-corrected chi connectivity index (χ1v) is 7.79. The van der Waals surface area contributed by atoms with E-state index in [1.165, 1.54) is 13.1 Å². The van der Waals surface area contributed by atoms with Crippen molar-refractivity contribution in [2.45, 2.75) is 18.9 Å². The van der Waals surface area contributed by atoms with Crippen molar-refractivity contribution in [1.29, 1.82) is 0 Å². The van der Waals surface area contributed by atoms with Crippen LogP contribution in [0.25, 0.3) is 0 Å². The van der Waals surface area contributed by atoms with Gasteiger partial charge in [0.2, 0.25) is 10.0 Å². The van der Waals surface area contributed by atoms with Crippen molar-refractivity contribution >= 4 is 21.6 Å². The lowest BCUT2D eigenvalue weighted by Crippen LogP contribution is -2.20. The number of hydrogen-bond acceptors (Lipinski definition) is 4. The largest absolute Gasteiger partial charge is 0.490 e. The summed E-state index contributed by atoms with van der Waals surface area (Å²) in [7, 11) is -1.86. The molecule has 0 radical (unpaired) electrons. The maximum absolute atomic E-state index is 11.8. The Morgan fingerprint density at radius 1 is 1.37 bits per heavy atom. The molecule has 1 aliphatic rings. The van der Waals surface area contributed by atoms with E-state index in [4.69, 9.17) is 4.74 Å². The molecule has 104 valence electrons. The van der Waals surface area contributed by atoms with Crippen molar-refractivity contribution in [2.75, 3.05) is 18.0 Å². The molecular formula is C12H16N2O4S. The first-order valence-electron chi connectivity index (χ1n) is 5.89. The molecule has 6 nitrogen and oxygen atoms in total. The lowest BCUT2D eigenvalue weighted by atomic mass is 10.1. The Hall–Kier alpha value is -1.76. The molecule has 2 rings (SSSR count). The van der Waals surface area contributed by atoms with E-state index in [-0.39, 0.29) is 12.0 Å². The van der Waals surface area contributed by atoms with Gasteiger partial charge in [0.05, 0.1) is 17.9 Å². The van der Waals surface area contributed by atoms with E-state index in [9.17, 15) is 13.2 Å². The Balaban J connectivity index is 2.31. The van der Waals surface area contributed by atoms with Gasteiger partial charge in [-0.25, -0.2) is 8.42 Å². The Morgan fingerprint density at radius 2 is 2.05 bits per heavy atom. The van der Waals surface area contributed by atoms with Gasteiger partial charge in [-0.3, -0.25) is 9.52 Å². The van der Waals surface area contributed by atoms with Crippen LogP contribution in [-0.2, 0) is 10.0 Å². The lowest BCUT2D eigenvalue weighted by Gasteiger charge is -2.12. The third-order valence-electron chi connectivity index (χ3n) is 2.57. The van der Waals surface area contributed by atoms with Crippen LogP contribution in [0.15, 0.2) is 18.2 Å². The number of sulfonamides is 1. The zero-order chi connectivity index (χ0) is 14.0. The molecule has 1 aromatic rings. The highest BCUT2D eigenvalue weighted by Crippen LogP contribution is 2.30. The Morgan fingerprint density at radius 3 is 2.58 bits per heavy atom. The third kappa shape index (κ3) is 3.85. The van der Waals surface area contributed by atoms with Gasteiger partial charge in [0, 0.05) is 12.7 Å². The number of anilines is 1. The number of nitrogens with one attached hydrogen (secondary N) is 2. The maximum Gasteiger partial charge on any atom is 0.254 e. The predicted octanol–water partition coefficient (Wildman–Crippen LogP) is 0.959. The van der Waals surface area contributed by atoms with E-state index in [0.29, 0.717) is 17.0 Å². The monoisotopic (exact) mass is 284 g/mol. The Labute approximate surface area is 112 Å². The van der Waals surface area contributed by atoms with Gasteiger partial charge < -0.3 is 10.1 Å². The summed E-state index contributed by atoms with van der Waals surface area (Å²) in [5, 5.41) is 2.51. The number of ether oxygens (including phenoxy) is 1. The molecule has 0 unspecified atom stereocenters. The molecule has 1 aromatic carbocycles. The van der Waals surface area contributed by atoms with Crippen LogP contribution in [0.4, 0.5) is 5.69 Å². The van der Waals surface area contributed by atoms with Gasteiger partial charge in [-0.05, 0) is 31.0 Å². The molecule has 0 aliphatic heterocycles. The van der Waals surface area contributed by atoms with Crippen molar-refractivity contribution in [3.05, 3.63) is 23.8 Å². The Bertz CT molecular complexity index is 594. The average Bonchev–Trinajstić information content (AvgIpc) is 3.12. The molecule has 0 saturated heterocycles. The number of benzene rings is 1. The summed E-state index contributed by atoms with van der Waals surface area (Å²) in [5.41, 5.74) is 0.660. The summed E-state index contributed by atoms with van der Waals surface area (Å²) < 4.78 is 30.3. The molecule has 1 amide bonds. The average molecular weight is 284 g/mol. The summed E-state index contributed by atoms with van der Waals surface area (Å²) in [4.78, 5) is 11.8. The number of carbonyl (C=O) groups excluding carboxylic acids is 1. The number of carbonyl (C=O) groups is 1. The molecule has 1 fully saturated rings. The first-order chi connectivity index (χ1) is 8.89. The SMILES string of the molecule is CNC(=O)c1cc(NS(C)(=O)=O)ccc1OC1CC1. The fourth-order valence-corrected chi connectivity index (χ4v) is 2.14. The van der Waals surface area contributed by atoms with Crippen LogP contribution >= 0.6 is 0 Å². The van der Waals surface area contributed by atoms with Gasteiger partial charge in [0.15, 0.2) is 0 Å². The van der Waals surface area contributed by atoms with E-state index in [0.717, 1.165) is 19.1 Å². The minimum atomic E-state index is -3.37. The molecule has 19 heavy (non-hydrogen) atoms. The third-order valence-corrected chi connectivity index (χ3v) is 3.18. The van der Waals surface area contributed by atoms with Crippen molar-refractivity contribution in [1.82, 2.24) is 5.32 Å². The molecule has 0 heterocycles. The van der Waals surface area contributed by atoms with Crippen LogP contribution in [0.1, 0.15) is 23.2 Å². The second-order valence-electron chi connectivity index (χ2n) is 4.48. The summed E-state index contributed by atoms with van der Waals surface area (Å²) in [5.74, 6) is 0.161. The zero-order valence-electron chi connectivity index (χ0n) is 10.8. The Kier molecular flexibility index (Phi) is 3.66. The molecule has 0 aromatic heterocycles. The van der Waals surface area contributed by atoms with Crippen LogP contribution in [0.2, 0.25) is 0 Å². The molecule has 1 aliphatic carbocycles. The normalized spacial score (nSPS) is 14.8. The summed E-state index contributed by atoms with van der Waals surface area (Å²) in [6.07, 6.45) is 3.19. The summed E-state index contributed by atoms with van der Waals surface area (Å²) in [6.45, 7) is 0. The smallest absolute Gasteiger partial charge is 0.254 e. The van der Waals surface area contributed by atoms with E-state index in [1.54, 1.807) is 12.1 Å². The van der Waals surface area contributed by atoms with E-state index < -0.39 is 10.0 Å². The van der Waals surface area contributed by atoms with Gasteiger partial charge in [0.25, 0.3) is 5.91 Å². The quantitative estimate of drug-likeness (QED) is 0.843. The van der Waals surface area contributed by atoms with Gasteiger partial charge >= 0.3 is 0 Å². The standard InChI is InChI=1S/C12H16N2O4S/c1-13-12(15)10-7-8(14-19(2,16)17)3-6-11(10)18-9-4-5-9/h3,6-7,9,14H,4-5H2,1-2H3,(H,13,15). The van der Waals surface area contributed by atoms with Gasteiger partial charge in [-0.15, -0.1) is 0 Å². The fraction of sp³-hybridized carbons (Fsp3) is 0.417. The zero-order valence-corrected chi connectivity index (χ0v) is 11.6. The molecule has 7 heteroatoms. The van der Waals surface area contributed by atoms with Crippen molar-refractivity contribution in [3.63, 3.8) is 0 Å². The second kappa shape index (κ2) is 5.08. The minimum Gasteiger partial charge on any atom is -0.490 e. The van der Waals surface area contributed by atoms with Crippen molar-refractivity contribution in [2.24, 2.45) is 0 Å². The number of amides is 1.